The maximum Gasteiger partial charge on any atom is 0.257 e. The first-order valence-electron chi connectivity index (χ1n) is 6.35. The predicted octanol–water partition coefficient (Wildman–Crippen LogP) is 2.30. The molecule has 1 saturated carbocycles. The number of hydrogen-bond donors (Lipinski definition) is 1. The van der Waals surface area contributed by atoms with Crippen molar-refractivity contribution >= 4 is 27.7 Å². The highest BCUT2D eigenvalue weighted by atomic mass is 79.9. The molecule has 1 amide bonds. The lowest BCUT2D eigenvalue weighted by molar-refractivity contribution is 0.0781. The van der Waals surface area contributed by atoms with E-state index >= 15 is 0 Å². The van der Waals surface area contributed by atoms with Crippen molar-refractivity contribution < 1.29 is 4.79 Å². The number of nitrogens with two attached hydrogens (primary N) is 1. The van der Waals surface area contributed by atoms with E-state index in [2.05, 4.69) is 20.9 Å². The summed E-state index contributed by atoms with van der Waals surface area (Å²) >= 11 is 3.33. The maximum atomic E-state index is 12.4. The van der Waals surface area contributed by atoms with Crippen molar-refractivity contribution in [2.45, 2.75) is 19.3 Å². The smallest absolute Gasteiger partial charge is 0.257 e. The third-order valence-electron chi connectivity index (χ3n) is 4.13. The number of pyridine rings is 1. The van der Waals surface area contributed by atoms with Gasteiger partial charge in [-0.1, -0.05) is 6.42 Å². The number of rotatable bonds is 1. The Balaban J connectivity index is 1.81. The Hall–Kier alpha value is -1.10. The van der Waals surface area contributed by atoms with Gasteiger partial charge in [-0.2, -0.15) is 0 Å². The van der Waals surface area contributed by atoms with Gasteiger partial charge in [0.2, 0.25) is 0 Å². The summed E-state index contributed by atoms with van der Waals surface area (Å²) in [6, 6.07) is 1.76. The van der Waals surface area contributed by atoms with Crippen molar-refractivity contribution in [2.24, 2.45) is 11.8 Å². The van der Waals surface area contributed by atoms with Gasteiger partial charge in [-0.05, 0) is 46.7 Å². The zero-order chi connectivity index (χ0) is 12.7. The number of carbonyl (C=O) groups excluding carboxylic acids is 1. The monoisotopic (exact) mass is 309 g/mol. The molecule has 2 atom stereocenters. The third kappa shape index (κ3) is 2.00. The van der Waals surface area contributed by atoms with E-state index in [0.29, 0.717) is 23.2 Å². The number of amides is 1. The van der Waals surface area contributed by atoms with Crippen LogP contribution in [0.2, 0.25) is 0 Å². The Morgan fingerprint density at radius 1 is 1.39 bits per heavy atom. The highest BCUT2D eigenvalue weighted by molar-refractivity contribution is 9.10. The Morgan fingerprint density at radius 3 is 2.72 bits per heavy atom. The van der Waals surface area contributed by atoms with E-state index in [9.17, 15) is 4.79 Å². The lowest BCUT2D eigenvalue weighted by Gasteiger charge is -2.18. The summed E-state index contributed by atoms with van der Waals surface area (Å²) in [4.78, 5) is 18.4. The van der Waals surface area contributed by atoms with Gasteiger partial charge < -0.3 is 10.6 Å². The molecule has 0 bridgehead atoms. The van der Waals surface area contributed by atoms with Gasteiger partial charge in [0.25, 0.3) is 5.91 Å². The van der Waals surface area contributed by atoms with E-state index < -0.39 is 0 Å². The zero-order valence-electron chi connectivity index (χ0n) is 10.1. The molecule has 0 spiro atoms. The van der Waals surface area contributed by atoms with Crippen LogP contribution in [0.5, 0.6) is 0 Å². The summed E-state index contributed by atoms with van der Waals surface area (Å²) in [6.07, 6.45) is 5.46. The molecule has 1 aliphatic carbocycles. The van der Waals surface area contributed by atoms with Crippen molar-refractivity contribution in [2.75, 3.05) is 18.8 Å². The second-order valence-corrected chi connectivity index (χ2v) is 6.16. The van der Waals surface area contributed by atoms with Gasteiger partial charge in [0.05, 0.1) is 5.56 Å². The van der Waals surface area contributed by atoms with Crippen molar-refractivity contribution in [1.82, 2.24) is 9.88 Å². The first kappa shape index (κ1) is 12.0. The predicted molar refractivity (Wildman–Crippen MR) is 73.1 cm³/mol. The second-order valence-electron chi connectivity index (χ2n) is 5.25. The summed E-state index contributed by atoms with van der Waals surface area (Å²) < 4.78 is 0.791. The minimum absolute atomic E-state index is 0.0238. The van der Waals surface area contributed by atoms with E-state index in [-0.39, 0.29) is 5.91 Å². The van der Waals surface area contributed by atoms with Crippen LogP contribution in [0.25, 0.3) is 0 Å². The Bertz CT molecular complexity index is 479. The molecule has 1 saturated heterocycles. The standard InChI is InChI=1S/C13H16BrN3O/c14-10-4-11(12(15)16-5-10)13(18)17-6-8-2-1-3-9(8)7-17/h4-5,8-9H,1-3,6-7H2,(H2,15,16). The number of likely N-dealkylation sites (tertiary alicyclic amines) is 1. The summed E-state index contributed by atoms with van der Waals surface area (Å²) in [6.45, 7) is 1.77. The molecule has 1 aromatic heterocycles. The minimum Gasteiger partial charge on any atom is -0.383 e. The normalized spacial score (nSPS) is 26.4. The summed E-state index contributed by atoms with van der Waals surface area (Å²) in [5, 5.41) is 0. The Morgan fingerprint density at radius 2 is 2.06 bits per heavy atom. The number of nitrogens with zero attached hydrogens (tertiary/aromatic N) is 2. The lowest BCUT2D eigenvalue weighted by Crippen LogP contribution is -2.30. The fraction of sp³-hybridized carbons (Fsp3) is 0.538. The van der Waals surface area contributed by atoms with Crippen molar-refractivity contribution in [1.29, 1.82) is 0 Å². The number of hydrogen-bond acceptors (Lipinski definition) is 3. The van der Waals surface area contributed by atoms with Crippen LogP contribution < -0.4 is 5.73 Å². The van der Waals surface area contributed by atoms with Crippen LogP contribution in [0, 0.1) is 11.8 Å². The molecule has 5 heteroatoms. The first-order valence-corrected chi connectivity index (χ1v) is 7.14. The van der Waals surface area contributed by atoms with Gasteiger partial charge >= 0.3 is 0 Å². The maximum absolute atomic E-state index is 12.4. The van der Waals surface area contributed by atoms with E-state index in [0.717, 1.165) is 17.6 Å². The fourth-order valence-corrected chi connectivity index (χ4v) is 3.52. The van der Waals surface area contributed by atoms with E-state index in [1.807, 2.05) is 4.90 Å². The number of anilines is 1. The summed E-state index contributed by atoms with van der Waals surface area (Å²) in [7, 11) is 0. The van der Waals surface area contributed by atoms with E-state index in [1.165, 1.54) is 19.3 Å². The van der Waals surface area contributed by atoms with Crippen molar-refractivity contribution in [3.8, 4) is 0 Å². The SMILES string of the molecule is Nc1ncc(Br)cc1C(=O)N1CC2CCCC2C1. The molecule has 96 valence electrons. The average Bonchev–Trinajstić information content (AvgIpc) is 2.91. The molecule has 2 fully saturated rings. The van der Waals surface area contributed by atoms with Crippen LogP contribution in [-0.2, 0) is 0 Å². The topological polar surface area (TPSA) is 59.2 Å². The number of fused-ring (bicyclic) bond motifs is 1. The average molecular weight is 310 g/mol. The van der Waals surface area contributed by atoms with E-state index in [4.69, 9.17) is 5.73 Å². The molecular formula is C13H16BrN3O. The van der Waals surface area contributed by atoms with Gasteiger partial charge in [0, 0.05) is 23.8 Å². The molecule has 2 unspecified atom stereocenters. The zero-order valence-corrected chi connectivity index (χ0v) is 11.7. The van der Waals surface area contributed by atoms with Crippen LogP contribution in [0.15, 0.2) is 16.7 Å². The third-order valence-corrected chi connectivity index (χ3v) is 4.56. The molecule has 2 N–H and O–H groups in total. The van der Waals surface area contributed by atoms with Gasteiger partial charge in [-0.3, -0.25) is 4.79 Å². The molecular weight excluding hydrogens is 294 g/mol. The van der Waals surface area contributed by atoms with Crippen LogP contribution >= 0.6 is 15.9 Å². The quantitative estimate of drug-likeness (QED) is 0.866. The number of nitrogen functional groups attached to an aromatic ring is 1. The molecule has 1 aromatic rings. The van der Waals surface area contributed by atoms with Crippen LogP contribution in [0.1, 0.15) is 29.6 Å². The number of halogens is 1. The molecule has 2 heterocycles. The largest absolute Gasteiger partial charge is 0.383 e. The van der Waals surface area contributed by atoms with Gasteiger partial charge in [0.15, 0.2) is 0 Å². The van der Waals surface area contributed by atoms with Gasteiger partial charge in [0.1, 0.15) is 5.82 Å². The van der Waals surface area contributed by atoms with Crippen LogP contribution in [0.3, 0.4) is 0 Å². The fourth-order valence-electron chi connectivity index (χ4n) is 3.19. The molecule has 0 radical (unpaired) electrons. The molecule has 2 aliphatic rings. The Labute approximate surface area is 115 Å². The highest BCUT2D eigenvalue weighted by Gasteiger charge is 2.38. The first-order chi connectivity index (χ1) is 8.65. The van der Waals surface area contributed by atoms with Gasteiger partial charge in [-0.25, -0.2) is 4.98 Å². The molecule has 4 nitrogen and oxygen atoms in total. The molecule has 0 aromatic carbocycles. The van der Waals surface area contributed by atoms with Crippen LogP contribution in [0.4, 0.5) is 5.82 Å². The molecule has 1 aliphatic heterocycles. The minimum atomic E-state index is 0.0238. The Kier molecular flexibility index (Phi) is 3.01. The molecule has 3 rings (SSSR count). The summed E-state index contributed by atoms with van der Waals surface area (Å²) in [5.41, 5.74) is 6.31. The number of aromatic nitrogens is 1. The van der Waals surface area contributed by atoms with Crippen molar-refractivity contribution in [3.05, 3.63) is 22.3 Å². The number of carbonyl (C=O) groups is 1. The highest BCUT2D eigenvalue weighted by Crippen LogP contribution is 2.38. The molecule has 18 heavy (non-hydrogen) atoms. The lowest BCUT2D eigenvalue weighted by atomic mass is 10.0. The van der Waals surface area contributed by atoms with E-state index in [1.54, 1.807) is 12.3 Å². The van der Waals surface area contributed by atoms with Crippen LogP contribution in [-0.4, -0.2) is 28.9 Å². The van der Waals surface area contributed by atoms with Crippen molar-refractivity contribution in [3.63, 3.8) is 0 Å². The summed E-state index contributed by atoms with van der Waals surface area (Å²) in [5.74, 6) is 1.75. The van der Waals surface area contributed by atoms with Gasteiger partial charge in [-0.15, -0.1) is 0 Å². The second kappa shape index (κ2) is 4.53.